The summed E-state index contributed by atoms with van der Waals surface area (Å²) in [6.45, 7) is 0. The summed E-state index contributed by atoms with van der Waals surface area (Å²) in [6, 6.07) is 7.54. The van der Waals surface area contributed by atoms with E-state index in [1.54, 1.807) is 24.5 Å². The fraction of sp³-hybridized carbons (Fsp3) is 0.458. The van der Waals surface area contributed by atoms with E-state index in [9.17, 15) is 5.11 Å². The molecule has 2 bridgehead atoms. The molecule has 4 heterocycles. The highest BCUT2D eigenvalue weighted by Crippen LogP contribution is 2.39. The zero-order chi connectivity index (χ0) is 23.2. The van der Waals surface area contributed by atoms with Gasteiger partial charge in [-0.25, -0.2) is 14.4 Å². The minimum Gasteiger partial charge on any atom is -0.507 e. The molecule has 174 valence electrons. The van der Waals surface area contributed by atoms with E-state index in [1.165, 1.54) is 11.3 Å². The predicted octanol–water partition coefficient (Wildman–Crippen LogP) is 3.83. The monoisotopic (exact) mass is 477 g/mol. The highest BCUT2D eigenvalue weighted by molar-refractivity contribution is 7.15. The Morgan fingerprint density at radius 3 is 2.74 bits per heavy atom. The quantitative estimate of drug-likeness (QED) is 0.570. The summed E-state index contributed by atoms with van der Waals surface area (Å²) < 4.78 is 15.4. The fourth-order valence-electron chi connectivity index (χ4n) is 5.27. The Hall–Kier alpha value is -3.16. The van der Waals surface area contributed by atoms with Crippen molar-refractivity contribution >= 4 is 17.2 Å². The van der Waals surface area contributed by atoms with Gasteiger partial charge in [-0.05, 0) is 49.8 Å². The molecule has 2 aliphatic heterocycles. The van der Waals surface area contributed by atoms with Gasteiger partial charge in [0, 0.05) is 24.3 Å². The first-order valence-electron chi connectivity index (χ1n) is 11.7. The summed E-state index contributed by atoms with van der Waals surface area (Å²) in [4.78, 5) is 11.4. The number of phenolic OH excluding ortho intramolecular Hbond substituents is 1. The second kappa shape index (κ2) is 8.56. The van der Waals surface area contributed by atoms with Crippen LogP contribution < -0.4 is 10.2 Å². The molecular formula is C24H24FN7OS. The van der Waals surface area contributed by atoms with E-state index in [4.69, 9.17) is 5.26 Å². The minimum atomic E-state index is -0.941. The standard InChI is InChI=1S/C24H24FN7OS/c25-23-17-3-1-2-14(29-17)9-18(23)32(15-5-6-15)21-12-28-24(31-30-21)16-7-4-13(8-19(16)33)20-11-27-22(10-26)34-20/h4,7-8,11-12,14-15,17-18,23,29,33H,1-3,5-6,9H2/t14-,17+,18+,23-/m0/s1. The van der Waals surface area contributed by atoms with Gasteiger partial charge in [0.25, 0.3) is 0 Å². The van der Waals surface area contributed by atoms with Crippen LogP contribution in [0.4, 0.5) is 10.2 Å². The minimum absolute atomic E-state index is 0.0213. The summed E-state index contributed by atoms with van der Waals surface area (Å²) >= 11 is 1.26. The lowest BCUT2D eigenvalue weighted by Gasteiger charge is -2.47. The molecule has 8 nitrogen and oxygen atoms in total. The molecule has 10 heteroatoms. The van der Waals surface area contributed by atoms with Crippen LogP contribution in [0.3, 0.4) is 0 Å². The lowest BCUT2D eigenvalue weighted by molar-refractivity contribution is 0.104. The van der Waals surface area contributed by atoms with Gasteiger partial charge < -0.3 is 15.3 Å². The number of phenols is 1. The number of aromatic nitrogens is 4. The van der Waals surface area contributed by atoms with Crippen molar-refractivity contribution in [2.24, 2.45) is 0 Å². The van der Waals surface area contributed by atoms with Crippen molar-refractivity contribution < 1.29 is 9.50 Å². The van der Waals surface area contributed by atoms with E-state index in [0.717, 1.165) is 49.0 Å². The second-order valence-corrected chi connectivity index (χ2v) is 10.3. The van der Waals surface area contributed by atoms with Crippen molar-refractivity contribution in [1.82, 2.24) is 25.5 Å². The first-order chi connectivity index (χ1) is 16.6. The number of benzene rings is 1. The topological polar surface area (TPSA) is 111 Å². The van der Waals surface area contributed by atoms with Gasteiger partial charge in [0.1, 0.15) is 18.0 Å². The molecule has 2 saturated heterocycles. The van der Waals surface area contributed by atoms with Gasteiger partial charge in [0.2, 0.25) is 0 Å². The molecular weight excluding hydrogens is 453 g/mol. The van der Waals surface area contributed by atoms with Crippen LogP contribution >= 0.6 is 11.3 Å². The summed E-state index contributed by atoms with van der Waals surface area (Å²) in [5.41, 5.74) is 1.22. The second-order valence-electron chi connectivity index (χ2n) is 9.30. The summed E-state index contributed by atoms with van der Waals surface area (Å²) in [5.74, 6) is 0.932. The number of anilines is 1. The van der Waals surface area contributed by atoms with Crippen molar-refractivity contribution in [3.63, 3.8) is 0 Å². The van der Waals surface area contributed by atoms with Crippen LogP contribution in [0.1, 0.15) is 43.5 Å². The van der Waals surface area contributed by atoms with Gasteiger partial charge in [0.15, 0.2) is 16.6 Å². The number of fused-ring (bicyclic) bond motifs is 2. The van der Waals surface area contributed by atoms with Gasteiger partial charge >= 0.3 is 0 Å². The molecule has 2 N–H and O–H groups in total. The van der Waals surface area contributed by atoms with Gasteiger partial charge in [-0.2, -0.15) is 5.26 Å². The molecule has 3 aliphatic rings. The number of thiazole rings is 1. The Balaban J connectivity index is 1.25. The van der Waals surface area contributed by atoms with E-state index in [1.807, 2.05) is 12.1 Å². The van der Waals surface area contributed by atoms with Crippen molar-refractivity contribution in [3.05, 3.63) is 35.6 Å². The van der Waals surface area contributed by atoms with Gasteiger partial charge in [-0.15, -0.1) is 21.5 Å². The molecule has 1 aromatic carbocycles. The largest absolute Gasteiger partial charge is 0.507 e. The number of nitrogens with one attached hydrogen (secondary N) is 1. The molecule has 1 saturated carbocycles. The van der Waals surface area contributed by atoms with Crippen LogP contribution in [0.25, 0.3) is 21.8 Å². The molecule has 1 aliphatic carbocycles. The van der Waals surface area contributed by atoms with E-state index >= 15 is 4.39 Å². The summed E-state index contributed by atoms with van der Waals surface area (Å²) in [7, 11) is 0. The third-order valence-electron chi connectivity index (χ3n) is 7.03. The molecule has 3 fully saturated rings. The maximum atomic E-state index is 15.4. The van der Waals surface area contributed by atoms with Crippen LogP contribution in [0.15, 0.2) is 30.6 Å². The van der Waals surface area contributed by atoms with Crippen LogP contribution in [0.5, 0.6) is 5.75 Å². The average molecular weight is 478 g/mol. The normalized spacial score (nSPS) is 26.1. The van der Waals surface area contributed by atoms with Gasteiger partial charge in [0.05, 0.1) is 22.7 Å². The van der Waals surface area contributed by atoms with Crippen molar-refractivity contribution in [2.75, 3.05) is 4.90 Å². The van der Waals surface area contributed by atoms with E-state index in [2.05, 4.69) is 30.4 Å². The lowest BCUT2D eigenvalue weighted by atomic mass is 9.82. The van der Waals surface area contributed by atoms with Crippen LogP contribution in [-0.4, -0.2) is 55.6 Å². The highest BCUT2D eigenvalue weighted by Gasteiger charge is 2.46. The highest BCUT2D eigenvalue weighted by atomic mass is 32.1. The number of piperidine rings is 2. The zero-order valence-corrected chi connectivity index (χ0v) is 19.2. The first-order valence-corrected chi connectivity index (χ1v) is 12.5. The Morgan fingerprint density at radius 1 is 1.15 bits per heavy atom. The number of nitrogens with zero attached hydrogens (tertiary/aromatic N) is 6. The zero-order valence-electron chi connectivity index (χ0n) is 18.4. The SMILES string of the molecule is N#Cc1ncc(-c2ccc(-c3ncc(N(C4CC4)[C@@H]4C[C@@H]5CCC[C@@H](N5)[C@@H]4F)nn3)c(O)c2)s1. The van der Waals surface area contributed by atoms with Crippen LogP contribution in [0.2, 0.25) is 0 Å². The number of halogens is 1. The molecule has 34 heavy (non-hydrogen) atoms. The first kappa shape index (κ1) is 21.4. The van der Waals surface area contributed by atoms with E-state index in [-0.39, 0.29) is 23.9 Å². The number of nitriles is 1. The molecule has 0 spiro atoms. The molecule has 0 radical (unpaired) electrons. The maximum absolute atomic E-state index is 15.4. The summed E-state index contributed by atoms with van der Waals surface area (Å²) in [5, 5.41) is 32.2. The average Bonchev–Trinajstić information content (AvgIpc) is 3.57. The number of rotatable bonds is 5. The molecule has 6 rings (SSSR count). The third-order valence-corrected chi connectivity index (χ3v) is 7.98. The molecule has 3 aromatic rings. The number of aromatic hydroxyl groups is 1. The van der Waals surface area contributed by atoms with Crippen molar-refractivity contribution in [1.29, 1.82) is 5.26 Å². The van der Waals surface area contributed by atoms with Gasteiger partial charge in [-0.3, -0.25) is 0 Å². The summed E-state index contributed by atoms with van der Waals surface area (Å²) in [6.07, 6.45) is 8.21. The van der Waals surface area contributed by atoms with Crippen LogP contribution in [0, 0.1) is 11.3 Å². The molecule has 2 aromatic heterocycles. The molecule has 0 unspecified atom stereocenters. The van der Waals surface area contributed by atoms with Crippen LogP contribution in [-0.2, 0) is 0 Å². The Labute approximate surface area is 200 Å². The maximum Gasteiger partial charge on any atom is 0.194 e. The van der Waals surface area contributed by atoms with E-state index in [0.29, 0.717) is 28.3 Å². The van der Waals surface area contributed by atoms with Crippen molar-refractivity contribution in [2.45, 2.75) is 68.9 Å². The smallest absolute Gasteiger partial charge is 0.194 e. The van der Waals surface area contributed by atoms with Gasteiger partial charge in [-0.1, -0.05) is 12.5 Å². The Kier molecular flexibility index (Phi) is 5.38. The molecule has 0 amide bonds. The Morgan fingerprint density at radius 2 is 2.03 bits per heavy atom. The number of alkyl halides is 1. The number of hydrogen-bond donors (Lipinski definition) is 2. The predicted molar refractivity (Wildman–Crippen MR) is 126 cm³/mol. The lowest BCUT2D eigenvalue weighted by Crippen LogP contribution is -2.62. The Bertz CT molecular complexity index is 1240. The van der Waals surface area contributed by atoms with Crippen molar-refractivity contribution in [3.8, 4) is 33.6 Å². The molecule has 4 atom stereocenters. The fourth-order valence-corrected chi connectivity index (χ4v) is 5.98. The third kappa shape index (κ3) is 3.89. The van der Waals surface area contributed by atoms with E-state index < -0.39 is 6.17 Å². The number of hydrogen-bond acceptors (Lipinski definition) is 9.